The highest BCUT2D eigenvalue weighted by molar-refractivity contribution is 5.89. The Balaban J connectivity index is 1.83. The van der Waals surface area contributed by atoms with E-state index in [0.29, 0.717) is 0 Å². The minimum absolute atomic E-state index is 0.204. The zero-order valence-corrected chi connectivity index (χ0v) is 11.8. The number of carbonyl (C=O) groups excluding carboxylic acids is 1. The van der Waals surface area contributed by atoms with Crippen molar-refractivity contribution in [3.05, 3.63) is 59.7 Å². The molecule has 0 atom stereocenters. The van der Waals surface area contributed by atoms with Crippen LogP contribution in [0.1, 0.15) is 29.9 Å². The van der Waals surface area contributed by atoms with Gasteiger partial charge in [0.15, 0.2) is 0 Å². The highest BCUT2D eigenvalue weighted by Crippen LogP contribution is 2.44. The summed E-state index contributed by atoms with van der Waals surface area (Å²) in [5.74, 6) is 1.57. The second kappa shape index (κ2) is 4.92. The van der Waals surface area contributed by atoms with Crippen LogP contribution in [-0.2, 0) is 4.79 Å². The largest absolute Gasteiger partial charge is 0.457 e. The Morgan fingerprint density at radius 2 is 1.43 bits per heavy atom. The van der Waals surface area contributed by atoms with Gasteiger partial charge in [-0.1, -0.05) is 36.4 Å². The summed E-state index contributed by atoms with van der Waals surface area (Å²) < 4.78 is 5.95. The smallest absolute Gasteiger partial charge is 0.234 e. The lowest BCUT2D eigenvalue weighted by Gasteiger charge is -2.30. The van der Waals surface area contributed by atoms with Gasteiger partial charge < -0.3 is 9.64 Å². The van der Waals surface area contributed by atoms with E-state index in [0.717, 1.165) is 48.6 Å². The van der Waals surface area contributed by atoms with E-state index in [1.54, 1.807) is 0 Å². The van der Waals surface area contributed by atoms with Gasteiger partial charge in [-0.3, -0.25) is 4.79 Å². The molecule has 3 nitrogen and oxygen atoms in total. The number of hydrogen-bond acceptors (Lipinski definition) is 2. The van der Waals surface area contributed by atoms with Crippen molar-refractivity contribution >= 4 is 5.91 Å². The Labute approximate surface area is 124 Å². The van der Waals surface area contributed by atoms with Crippen LogP contribution in [0.3, 0.4) is 0 Å². The normalized spacial score (nSPS) is 17.0. The van der Waals surface area contributed by atoms with Crippen LogP contribution in [-0.4, -0.2) is 23.9 Å². The van der Waals surface area contributed by atoms with E-state index in [4.69, 9.17) is 4.74 Å². The molecule has 4 rings (SSSR count). The number of benzene rings is 2. The third-order valence-electron chi connectivity index (χ3n) is 4.34. The monoisotopic (exact) mass is 279 g/mol. The number of amides is 1. The van der Waals surface area contributed by atoms with E-state index in [1.165, 1.54) is 0 Å². The van der Waals surface area contributed by atoms with E-state index in [9.17, 15) is 4.79 Å². The first-order valence-corrected chi connectivity index (χ1v) is 7.49. The number of fused-ring (bicyclic) bond motifs is 2. The van der Waals surface area contributed by atoms with Crippen LogP contribution < -0.4 is 4.74 Å². The molecule has 1 fully saturated rings. The Hall–Kier alpha value is -2.29. The van der Waals surface area contributed by atoms with Crippen molar-refractivity contribution in [2.24, 2.45) is 0 Å². The first-order valence-electron chi connectivity index (χ1n) is 7.49. The molecule has 0 spiro atoms. The summed E-state index contributed by atoms with van der Waals surface area (Å²) >= 11 is 0. The van der Waals surface area contributed by atoms with Crippen LogP contribution >= 0.6 is 0 Å². The standard InChI is InChI=1S/C18H17NO2/c20-18(19-11-5-6-12-19)17-13-7-1-3-9-15(13)21-16-10-4-2-8-14(16)17/h1-4,7-10,17H,5-6,11-12H2. The number of carbonyl (C=O) groups is 1. The van der Waals surface area contributed by atoms with E-state index in [1.807, 2.05) is 53.4 Å². The molecule has 2 aliphatic rings. The fraction of sp³-hybridized carbons (Fsp3) is 0.278. The van der Waals surface area contributed by atoms with Gasteiger partial charge in [0.25, 0.3) is 0 Å². The number of likely N-dealkylation sites (tertiary alicyclic amines) is 1. The molecule has 0 unspecified atom stereocenters. The molecule has 0 saturated carbocycles. The Bertz CT molecular complexity index is 644. The molecule has 1 amide bonds. The maximum atomic E-state index is 13.0. The summed E-state index contributed by atoms with van der Waals surface area (Å²) in [6.45, 7) is 1.75. The van der Waals surface area contributed by atoms with Crippen molar-refractivity contribution < 1.29 is 9.53 Å². The molecule has 0 aromatic heterocycles. The summed E-state index contributed by atoms with van der Waals surface area (Å²) in [5, 5.41) is 0. The van der Waals surface area contributed by atoms with Crippen molar-refractivity contribution in [3.63, 3.8) is 0 Å². The quantitative estimate of drug-likeness (QED) is 0.799. The van der Waals surface area contributed by atoms with Gasteiger partial charge in [-0.15, -0.1) is 0 Å². The van der Waals surface area contributed by atoms with E-state index >= 15 is 0 Å². The molecular weight excluding hydrogens is 262 g/mol. The highest BCUT2D eigenvalue weighted by Gasteiger charge is 2.35. The lowest BCUT2D eigenvalue weighted by atomic mass is 9.87. The predicted molar refractivity (Wildman–Crippen MR) is 80.6 cm³/mol. The van der Waals surface area contributed by atoms with Crippen LogP contribution in [0.15, 0.2) is 48.5 Å². The number of para-hydroxylation sites is 2. The third kappa shape index (κ3) is 2.00. The Morgan fingerprint density at radius 3 is 2.00 bits per heavy atom. The fourth-order valence-corrected chi connectivity index (χ4v) is 3.30. The van der Waals surface area contributed by atoms with Crippen LogP contribution in [0.4, 0.5) is 0 Å². The molecule has 2 aromatic carbocycles. The number of hydrogen-bond donors (Lipinski definition) is 0. The molecule has 0 aliphatic carbocycles. The van der Waals surface area contributed by atoms with E-state index < -0.39 is 0 Å². The summed E-state index contributed by atoms with van der Waals surface area (Å²) in [7, 11) is 0. The molecule has 2 heterocycles. The van der Waals surface area contributed by atoms with Crippen LogP contribution in [0.5, 0.6) is 11.5 Å². The molecule has 106 valence electrons. The second-order valence-electron chi connectivity index (χ2n) is 5.64. The zero-order chi connectivity index (χ0) is 14.2. The van der Waals surface area contributed by atoms with Crippen molar-refractivity contribution in [1.29, 1.82) is 0 Å². The molecular formula is C18H17NO2. The second-order valence-corrected chi connectivity index (χ2v) is 5.64. The maximum Gasteiger partial charge on any atom is 0.234 e. The van der Waals surface area contributed by atoms with Crippen molar-refractivity contribution in [3.8, 4) is 11.5 Å². The van der Waals surface area contributed by atoms with Crippen LogP contribution in [0, 0.1) is 0 Å². The van der Waals surface area contributed by atoms with Gasteiger partial charge in [-0.25, -0.2) is 0 Å². The van der Waals surface area contributed by atoms with Gasteiger partial charge in [0, 0.05) is 24.2 Å². The topological polar surface area (TPSA) is 29.5 Å². The third-order valence-corrected chi connectivity index (χ3v) is 4.34. The van der Waals surface area contributed by atoms with Crippen molar-refractivity contribution in [1.82, 2.24) is 4.90 Å². The maximum absolute atomic E-state index is 13.0. The fourth-order valence-electron chi connectivity index (χ4n) is 3.30. The Morgan fingerprint density at radius 1 is 0.905 bits per heavy atom. The number of ether oxygens (including phenoxy) is 1. The number of rotatable bonds is 1. The van der Waals surface area contributed by atoms with Crippen LogP contribution in [0.25, 0.3) is 0 Å². The molecule has 2 aromatic rings. The highest BCUT2D eigenvalue weighted by atomic mass is 16.5. The molecule has 1 saturated heterocycles. The van der Waals surface area contributed by atoms with Gasteiger partial charge in [0.2, 0.25) is 5.91 Å². The minimum Gasteiger partial charge on any atom is -0.457 e. The van der Waals surface area contributed by atoms with E-state index in [-0.39, 0.29) is 11.8 Å². The first kappa shape index (κ1) is 12.5. The molecule has 0 radical (unpaired) electrons. The minimum atomic E-state index is -0.232. The summed E-state index contributed by atoms with van der Waals surface area (Å²) in [4.78, 5) is 15.0. The van der Waals surface area contributed by atoms with Crippen LogP contribution in [0.2, 0.25) is 0 Å². The lowest BCUT2D eigenvalue weighted by molar-refractivity contribution is -0.130. The van der Waals surface area contributed by atoms with Gasteiger partial charge in [0.1, 0.15) is 11.5 Å². The summed E-state index contributed by atoms with van der Waals surface area (Å²) in [6.07, 6.45) is 2.22. The molecule has 0 bridgehead atoms. The average Bonchev–Trinajstić information content (AvgIpc) is 3.06. The van der Waals surface area contributed by atoms with Crippen molar-refractivity contribution in [2.75, 3.05) is 13.1 Å². The predicted octanol–water partition coefficient (Wildman–Crippen LogP) is 3.55. The van der Waals surface area contributed by atoms with E-state index in [2.05, 4.69) is 0 Å². The SMILES string of the molecule is O=C(C1c2ccccc2Oc2ccccc21)N1CCCC1. The zero-order valence-electron chi connectivity index (χ0n) is 11.8. The van der Waals surface area contributed by atoms with Gasteiger partial charge in [0.05, 0.1) is 5.92 Å². The first-order chi connectivity index (χ1) is 10.3. The average molecular weight is 279 g/mol. The summed E-state index contributed by atoms with van der Waals surface area (Å²) in [5.41, 5.74) is 1.96. The molecule has 21 heavy (non-hydrogen) atoms. The summed E-state index contributed by atoms with van der Waals surface area (Å²) in [6, 6.07) is 15.7. The van der Waals surface area contributed by atoms with Gasteiger partial charge in [-0.2, -0.15) is 0 Å². The molecule has 3 heteroatoms. The Kier molecular flexibility index (Phi) is 2.92. The van der Waals surface area contributed by atoms with Gasteiger partial charge in [-0.05, 0) is 25.0 Å². The van der Waals surface area contributed by atoms with Gasteiger partial charge >= 0.3 is 0 Å². The molecule has 2 aliphatic heterocycles. The number of nitrogens with zero attached hydrogens (tertiary/aromatic N) is 1. The lowest BCUT2D eigenvalue weighted by Crippen LogP contribution is -2.34. The van der Waals surface area contributed by atoms with Crippen molar-refractivity contribution in [2.45, 2.75) is 18.8 Å². The molecule has 0 N–H and O–H groups in total.